The highest BCUT2D eigenvalue weighted by Crippen LogP contribution is 2.41. The van der Waals surface area contributed by atoms with E-state index in [1.165, 1.54) is 4.57 Å². The number of hydrogen-bond acceptors (Lipinski definition) is 4. The summed E-state index contributed by atoms with van der Waals surface area (Å²) in [5, 5.41) is 3.03. The Morgan fingerprint density at radius 2 is 1.89 bits per heavy atom. The first-order chi connectivity index (χ1) is 13.1. The third-order valence-electron chi connectivity index (χ3n) is 5.05. The van der Waals surface area contributed by atoms with Crippen LogP contribution < -0.4 is 15.6 Å². The minimum Gasteiger partial charge on any atom is -0.497 e. The lowest BCUT2D eigenvalue weighted by Gasteiger charge is -2.19. The number of hydrogen-bond donors (Lipinski definition) is 1. The molecule has 1 N–H and O–H groups in total. The molecular formula is C21H21N3O3. The smallest absolute Gasteiger partial charge is 0.282 e. The van der Waals surface area contributed by atoms with E-state index in [9.17, 15) is 9.59 Å². The molecule has 0 aliphatic heterocycles. The summed E-state index contributed by atoms with van der Waals surface area (Å²) < 4.78 is 6.67. The van der Waals surface area contributed by atoms with Gasteiger partial charge in [-0.3, -0.25) is 9.59 Å². The van der Waals surface area contributed by atoms with E-state index in [-0.39, 0.29) is 11.7 Å². The third-order valence-corrected chi connectivity index (χ3v) is 5.05. The lowest BCUT2D eigenvalue weighted by molar-refractivity contribution is 0.0924. The molecule has 1 atom stereocenters. The summed E-state index contributed by atoms with van der Waals surface area (Å²) >= 11 is 0. The van der Waals surface area contributed by atoms with Crippen molar-refractivity contribution in [3.05, 3.63) is 70.1 Å². The molecule has 0 radical (unpaired) electrons. The van der Waals surface area contributed by atoms with Crippen LogP contribution >= 0.6 is 0 Å². The van der Waals surface area contributed by atoms with Crippen molar-refractivity contribution in [2.75, 3.05) is 7.11 Å². The molecule has 1 aliphatic rings. The van der Waals surface area contributed by atoms with Crippen LogP contribution in [0.3, 0.4) is 0 Å². The third kappa shape index (κ3) is 3.30. The maximum atomic E-state index is 12.9. The van der Waals surface area contributed by atoms with E-state index >= 15 is 0 Å². The minimum absolute atomic E-state index is 0.0737. The number of fused-ring (bicyclic) bond motifs is 1. The van der Waals surface area contributed by atoms with Gasteiger partial charge in [0.1, 0.15) is 5.75 Å². The first-order valence-corrected chi connectivity index (χ1v) is 8.99. The number of carbonyl (C=O) groups excluding carboxylic acids is 1. The Morgan fingerprint density at radius 3 is 2.56 bits per heavy atom. The van der Waals surface area contributed by atoms with Gasteiger partial charge >= 0.3 is 0 Å². The summed E-state index contributed by atoms with van der Waals surface area (Å²) in [7, 11) is 3.28. The Labute approximate surface area is 156 Å². The summed E-state index contributed by atoms with van der Waals surface area (Å²) in [6.07, 6.45) is 2.11. The van der Waals surface area contributed by atoms with Crippen LogP contribution in [0, 0.1) is 5.92 Å². The molecule has 1 saturated carbocycles. The zero-order valence-corrected chi connectivity index (χ0v) is 15.3. The van der Waals surface area contributed by atoms with Gasteiger partial charge in [0.25, 0.3) is 11.5 Å². The van der Waals surface area contributed by atoms with E-state index in [1.807, 2.05) is 42.5 Å². The largest absolute Gasteiger partial charge is 0.497 e. The average molecular weight is 363 g/mol. The summed E-state index contributed by atoms with van der Waals surface area (Å²) in [4.78, 5) is 29.8. The maximum Gasteiger partial charge on any atom is 0.282 e. The first-order valence-electron chi connectivity index (χ1n) is 8.99. The van der Waals surface area contributed by atoms with Crippen LogP contribution in [0.1, 0.15) is 34.9 Å². The van der Waals surface area contributed by atoms with Gasteiger partial charge in [0, 0.05) is 7.05 Å². The fourth-order valence-corrected chi connectivity index (χ4v) is 3.35. The Balaban J connectivity index is 1.66. The molecule has 1 amide bonds. The SMILES string of the molecule is COc1ccc(C(NC(=O)c2nc3ccccc3n(C)c2=O)C2CC2)cc1. The molecule has 0 saturated heterocycles. The molecule has 27 heavy (non-hydrogen) atoms. The average Bonchev–Trinajstić information content (AvgIpc) is 3.54. The van der Waals surface area contributed by atoms with Gasteiger partial charge in [0.2, 0.25) is 0 Å². The number of nitrogens with one attached hydrogen (secondary N) is 1. The number of benzene rings is 2. The highest BCUT2D eigenvalue weighted by Gasteiger charge is 2.34. The van der Waals surface area contributed by atoms with Crippen LogP contribution in [0.2, 0.25) is 0 Å². The van der Waals surface area contributed by atoms with Crippen molar-refractivity contribution in [2.24, 2.45) is 13.0 Å². The second-order valence-corrected chi connectivity index (χ2v) is 6.88. The van der Waals surface area contributed by atoms with Crippen LogP contribution in [0.25, 0.3) is 11.0 Å². The molecule has 2 aromatic carbocycles. The molecule has 0 spiro atoms. The summed E-state index contributed by atoms with van der Waals surface area (Å²) in [5.41, 5.74) is 1.86. The number of carbonyl (C=O) groups is 1. The van der Waals surface area contributed by atoms with Crippen molar-refractivity contribution >= 4 is 16.9 Å². The number of methoxy groups -OCH3 is 1. The fraction of sp³-hybridized carbons (Fsp3) is 0.286. The predicted octanol–water partition coefficient (Wildman–Crippen LogP) is 2.82. The Hall–Kier alpha value is -3.15. The van der Waals surface area contributed by atoms with Gasteiger partial charge in [-0.25, -0.2) is 4.98 Å². The van der Waals surface area contributed by atoms with Gasteiger partial charge in [-0.2, -0.15) is 0 Å². The highest BCUT2D eigenvalue weighted by molar-refractivity contribution is 5.94. The van der Waals surface area contributed by atoms with Gasteiger partial charge in [0.05, 0.1) is 24.2 Å². The van der Waals surface area contributed by atoms with Gasteiger partial charge in [0.15, 0.2) is 5.69 Å². The zero-order chi connectivity index (χ0) is 19.0. The molecule has 6 heteroatoms. The van der Waals surface area contributed by atoms with Gasteiger partial charge in [-0.1, -0.05) is 24.3 Å². The summed E-state index contributed by atoms with van der Waals surface area (Å²) in [6.45, 7) is 0. The van der Waals surface area contributed by atoms with Crippen molar-refractivity contribution in [1.82, 2.24) is 14.9 Å². The summed E-state index contributed by atoms with van der Waals surface area (Å²) in [6, 6.07) is 14.8. The quantitative estimate of drug-likeness (QED) is 0.756. The van der Waals surface area contributed by atoms with Crippen molar-refractivity contribution in [1.29, 1.82) is 0 Å². The Bertz CT molecular complexity index is 1050. The standard InChI is InChI=1S/C21H21N3O3/c1-24-17-6-4-3-5-16(17)22-19(21(24)26)20(25)23-18(13-7-8-13)14-9-11-15(27-2)12-10-14/h3-6,9-13,18H,7-8H2,1-2H3,(H,23,25). The zero-order valence-electron chi connectivity index (χ0n) is 15.3. The second kappa shape index (κ2) is 6.87. The minimum atomic E-state index is -0.436. The van der Waals surface area contributed by atoms with Gasteiger partial charge in [-0.05, 0) is 48.6 Å². The Kier molecular flexibility index (Phi) is 4.39. The first kappa shape index (κ1) is 17.3. The van der Waals surface area contributed by atoms with E-state index in [2.05, 4.69) is 10.3 Å². The summed E-state index contributed by atoms with van der Waals surface area (Å²) in [5.74, 6) is 0.713. The Morgan fingerprint density at radius 1 is 1.19 bits per heavy atom. The van der Waals surface area contributed by atoms with Crippen molar-refractivity contribution in [2.45, 2.75) is 18.9 Å². The number of aryl methyl sites for hydroxylation is 1. The highest BCUT2D eigenvalue weighted by atomic mass is 16.5. The molecule has 1 heterocycles. The number of amides is 1. The molecule has 4 rings (SSSR count). The molecule has 1 aliphatic carbocycles. The molecule has 3 aromatic rings. The predicted molar refractivity (Wildman–Crippen MR) is 103 cm³/mol. The molecule has 1 fully saturated rings. The van der Waals surface area contributed by atoms with Crippen LogP contribution in [0.4, 0.5) is 0 Å². The lowest BCUT2D eigenvalue weighted by atomic mass is 10.0. The normalized spacial score (nSPS) is 14.7. The lowest BCUT2D eigenvalue weighted by Crippen LogP contribution is -2.36. The number of para-hydroxylation sites is 2. The van der Waals surface area contributed by atoms with Crippen molar-refractivity contribution in [3.8, 4) is 5.75 Å². The number of aromatic nitrogens is 2. The molecule has 1 unspecified atom stereocenters. The monoisotopic (exact) mass is 363 g/mol. The van der Waals surface area contributed by atoms with E-state index in [4.69, 9.17) is 4.74 Å². The topological polar surface area (TPSA) is 73.2 Å². The van der Waals surface area contributed by atoms with Crippen LogP contribution in [0.5, 0.6) is 5.75 Å². The number of nitrogens with zero attached hydrogens (tertiary/aromatic N) is 2. The van der Waals surface area contributed by atoms with E-state index in [0.717, 1.165) is 24.2 Å². The molecule has 6 nitrogen and oxygen atoms in total. The molecule has 0 bridgehead atoms. The fourth-order valence-electron chi connectivity index (χ4n) is 3.35. The number of rotatable bonds is 5. The second-order valence-electron chi connectivity index (χ2n) is 6.88. The van der Waals surface area contributed by atoms with Crippen LogP contribution in [-0.2, 0) is 7.05 Å². The van der Waals surface area contributed by atoms with Crippen molar-refractivity contribution in [3.63, 3.8) is 0 Å². The molecule has 1 aromatic heterocycles. The number of ether oxygens (including phenoxy) is 1. The van der Waals surface area contributed by atoms with Crippen LogP contribution in [-0.4, -0.2) is 22.6 Å². The van der Waals surface area contributed by atoms with Gasteiger partial charge < -0.3 is 14.6 Å². The van der Waals surface area contributed by atoms with Crippen LogP contribution in [0.15, 0.2) is 53.3 Å². The van der Waals surface area contributed by atoms with E-state index in [0.29, 0.717) is 17.0 Å². The molecule has 138 valence electrons. The van der Waals surface area contributed by atoms with Gasteiger partial charge in [-0.15, -0.1) is 0 Å². The maximum absolute atomic E-state index is 12.9. The van der Waals surface area contributed by atoms with E-state index < -0.39 is 11.5 Å². The van der Waals surface area contributed by atoms with Crippen molar-refractivity contribution < 1.29 is 9.53 Å². The molecular weight excluding hydrogens is 342 g/mol. The van der Waals surface area contributed by atoms with E-state index in [1.54, 1.807) is 20.2 Å².